The molecule has 5 rings (SSSR count). The molecule has 2 aromatic rings. The highest BCUT2D eigenvalue weighted by molar-refractivity contribution is 5.54. The van der Waals surface area contributed by atoms with Crippen LogP contribution in [-0.2, 0) is 4.74 Å². The van der Waals surface area contributed by atoms with Crippen LogP contribution in [0, 0.1) is 12.8 Å². The molecule has 148 valence electrons. The first-order valence-corrected chi connectivity index (χ1v) is 10.7. The molecular formula is C24H30N2O2. The minimum atomic E-state index is -0.225. The lowest BCUT2D eigenvalue weighted by atomic mass is 9.71. The van der Waals surface area contributed by atoms with E-state index in [1.807, 2.05) is 0 Å². The Bertz CT molecular complexity index is 833. The Kier molecular flexibility index (Phi) is 4.77. The van der Waals surface area contributed by atoms with Crippen molar-refractivity contribution < 1.29 is 9.47 Å². The lowest BCUT2D eigenvalue weighted by molar-refractivity contribution is -0.184. The van der Waals surface area contributed by atoms with E-state index in [-0.39, 0.29) is 11.8 Å². The topological polar surface area (TPSA) is 33.7 Å². The molecule has 2 aromatic carbocycles. The Morgan fingerprint density at radius 3 is 2.64 bits per heavy atom. The third-order valence-corrected chi connectivity index (χ3v) is 6.83. The van der Waals surface area contributed by atoms with Crippen LogP contribution in [0.15, 0.2) is 48.5 Å². The van der Waals surface area contributed by atoms with Gasteiger partial charge in [-0.2, -0.15) is 0 Å². The number of ether oxygens (including phenoxy) is 2. The van der Waals surface area contributed by atoms with Gasteiger partial charge in [0.1, 0.15) is 5.75 Å². The van der Waals surface area contributed by atoms with Gasteiger partial charge in [0.25, 0.3) is 0 Å². The van der Waals surface area contributed by atoms with Gasteiger partial charge in [-0.3, -0.25) is 4.90 Å². The fourth-order valence-electron chi connectivity index (χ4n) is 5.42. The van der Waals surface area contributed by atoms with Gasteiger partial charge in [0.05, 0.1) is 19.3 Å². The van der Waals surface area contributed by atoms with Crippen molar-refractivity contribution in [2.75, 3.05) is 31.6 Å². The van der Waals surface area contributed by atoms with Gasteiger partial charge >= 0.3 is 0 Å². The summed E-state index contributed by atoms with van der Waals surface area (Å²) in [4.78, 5) is 2.57. The van der Waals surface area contributed by atoms with Crippen LogP contribution < -0.4 is 10.1 Å². The predicted octanol–water partition coefficient (Wildman–Crippen LogP) is 4.76. The summed E-state index contributed by atoms with van der Waals surface area (Å²) in [6, 6.07) is 17.5. The molecule has 0 aromatic heterocycles. The second kappa shape index (κ2) is 7.41. The molecule has 1 saturated heterocycles. The fraction of sp³-hybridized carbons (Fsp3) is 0.500. The van der Waals surface area contributed by atoms with Crippen molar-refractivity contribution in [2.24, 2.45) is 5.92 Å². The Morgan fingerprint density at radius 1 is 1.00 bits per heavy atom. The van der Waals surface area contributed by atoms with E-state index in [4.69, 9.17) is 9.47 Å². The molecule has 3 aliphatic rings. The molecule has 1 aliphatic carbocycles. The van der Waals surface area contributed by atoms with E-state index < -0.39 is 0 Å². The largest absolute Gasteiger partial charge is 0.472 e. The van der Waals surface area contributed by atoms with Crippen molar-refractivity contribution in [2.45, 2.75) is 44.4 Å². The SMILES string of the molecule is Cc1ccccc1NC1c2ccccc2OC2(N3CCOCC3)CCCCC12. The lowest BCUT2D eigenvalue weighted by Crippen LogP contribution is -2.65. The summed E-state index contributed by atoms with van der Waals surface area (Å²) >= 11 is 0. The third kappa shape index (κ3) is 2.99. The summed E-state index contributed by atoms with van der Waals surface area (Å²) in [7, 11) is 0. The highest BCUT2D eigenvalue weighted by Crippen LogP contribution is 2.53. The Labute approximate surface area is 167 Å². The van der Waals surface area contributed by atoms with Crippen LogP contribution in [0.3, 0.4) is 0 Å². The van der Waals surface area contributed by atoms with Gasteiger partial charge in [-0.25, -0.2) is 0 Å². The van der Waals surface area contributed by atoms with E-state index in [0.29, 0.717) is 5.92 Å². The quantitative estimate of drug-likeness (QED) is 0.835. The van der Waals surface area contributed by atoms with Gasteiger partial charge < -0.3 is 14.8 Å². The maximum atomic E-state index is 6.89. The number of nitrogens with one attached hydrogen (secondary N) is 1. The van der Waals surface area contributed by atoms with Gasteiger partial charge in [-0.15, -0.1) is 0 Å². The normalized spacial score (nSPS) is 30.0. The van der Waals surface area contributed by atoms with Gasteiger partial charge in [0.2, 0.25) is 0 Å². The first-order valence-electron chi connectivity index (χ1n) is 10.7. The lowest BCUT2D eigenvalue weighted by Gasteiger charge is -2.56. The number of benzene rings is 2. The smallest absolute Gasteiger partial charge is 0.168 e. The molecule has 4 nitrogen and oxygen atoms in total. The first kappa shape index (κ1) is 18.0. The maximum Gasteiger partial charge on any atom is 0.168 e. The number of aryl methyl sites for hydroxylation is 1. The van der Waals surface area contributed by atoms with Crippen molar-refractivity contribution in [1.82, 2.24) is 4.90 Å². The Morgan fingerprint density at radius 2 is 1.79 bits per heavy atom. The molecular weight excluding hydrogens is 348 g/mol. The molecule has 1 saturated carbocycles. The van der Waals surface area contributed by atoms with E-state index in [1.165, 1.54) is 36.1 Å². The summed E-state index contributed by atoms with van der Waals surface area (Å²) in [6.45, 7) is 5.69. The Hall–Kier alpha value is -2.04. The molecule has 2 fully saturated rings. The summed E-state index contributed by atoms with van der Waals surface area (Å²) in [5, 5.41) is 3.93. The molecule has 0 bridgehead atoms. The zero-order valence-corrected chi connectivity index (χ0v) is 16.7. The number of hydrogen-bond donors (Lipinski definition) is 1. The highest BCUT2D eigenvalue weighted by atomic mass is 16.5. The summed E-state index contributed by atoms with van der Waals surface area (Å²) in [6.07, 6.45) is 4.79. The molecule has 3 atom stereocenters. The molecule has 3 unspecified atom stereocenters. The number of nitrogens with zero attached hydrogens (tertiary/aromatic N) is 1. The molecule has 28 heavy (non-hydrogen) atoms. The van der Waals surface area contributed by atoms with E-state index in [9.17, 15) is 0 Å². The highest BCUT2D eigenvalue weighted by Gasteiger charge is 2.54. The van der Waals surface area contributed by atoms with Crippen LogP contribution in [0.5, 0.6) is 5.75 Å². The van der Waals surface area contributed by atoms with Crippen LogP contribution in [0.25, 0.3) is 0 Å². The van der Waals surface area contributed by atoms with Crippen molar-refractivity contribution in [3.63, 3.8) is 0 Å². The number of morpholine rings is 1. The molecule has 4 heteroatoms. The predicted molar refractivity (Wildman–Crippen MR) is 112 cm³/mol. The van der Waals surface area contributed by atoms with Crippen LogP contribution in [0.2, 0.25) is 0 Å². The number of hydrogen-bond acceptors (Lipinski definition) is 4. The maximum absolute atomic E-state index is 6.89. The second-order valence-corrected chi connectivity index (χ2v) is 8.37. The van der Waals surface area contributed by atoms with Gasteiger partial charge in [0.15, 0.2) is 5.72 Å². The number of rotatable bonds is 3. The fourth-order valence-corrected chi connectivity index (χ4v) is 5.42. The third-order valence-electron chi connectivity index (χ3n) is 6.83. The second-order valence-electron chi connectivity index (χ2n) is 8.37. The minimum Gasteiger partial charge on any atom is -0.472 e. The molecule has 2 aliphatic heterocycles. The number of para-hydroxylation sites is 2. The summed E-state index contributed by atoms with van der Waals surface area (Å²) in [5.74, 6) is 1.46. The summed E-state index contributed by atoms with van der Waals surface area (Å²) < 4.78 is 12.6. The molecule has 2 heterocycles. The van der Waals surface area contributed by atoms with Gasteiger partial charge in [0, 0.05) is 36.7 Å². The zero-order valence-electron chi connectivity index (χ0n) is 16.7. The Balaban J connectivity index is 1.58. The van der Waals surface area contributed by atoms with E-state index in [1.54, 1.807) is 0 Å². The van der Waals surface area contributed by atoms with Crippen molar-refractivity contribution in [1.29, 1.82) is 0 Å². The van der Waals surface area contributed by atoms with Gasteiger partial charge in [-0.05, 0) is 37.5 Å². The summed E-state index contributed by atoms with van der Waals surface area (Å²) in [5.41, 5.74) is 3.59. The van der Waals surface area contributed by atoms with Crippen molar-refractivity contribution in [3.8, 4) is 5.75 Å². The van der Waals surface area contributed by atoms with Gasteiger partial charge in [-0.1, -0.05) is 42.8 Å². The van der Waals surface area contributed by atoms with Crippen LogP contribution in [0.4, 0.5) is 5.69 Å². The minimum absolute atomic E-state index is 0.225. The average molecular weight is 379 g/mol. The first-order chi connectivity index (χ1) is 13.8. The van der Waals surface area contributed by atoms with Crippen molar-refractivity contribution >= 4 is 5.69 Å². The number of anilines is 1. The molecule has 0 spiro atoms. The van der Waals surface area contributed by atoms with E-state index >= 15 is 0 Å². The molecule has 0 radical (unpaired) electrons. The van der Waals surface area contributed by atoms with Crippen LogP contribution in [-0.4, -0.2) is 36.9 Å². The van der Waals surface area contributed by atoms with Crippen molar-refractivity contribution in [3.05, 3.63) is 59.7 Å². The standard InChI is InChI=1S/C24H30N2O2/c1-18-8-2-4-11-21(18)25-23-19-9-3-5-12-22(19)28-24(13-7-6-10-20(23)24)26-14-16-27-17-15-26/h2-5,8-9,11-12,20,23,25H,6-7,10,13-17H2,1H3. The van der Waals surface area contributed by atoms with E-state index in [2.05, 4.69) is 65.7 Å². The van der Waals surface area contributed by atoms with Crippen LogP contribution in [0.1, 0.15) is 42.9 Å². The van der Waals surface area contributed by atoms with E-state index in [0.717, 1.165) is 38.5 Å². The molecule has 1 N–H and O–H groups in total. The molecule has 0 amide bonds. The zero-order chi connectivity index (χ0) is 19.0. The van der Waals surface area contributed by atoms with Crippen LogP contribution >= 0.6 is 0 Å². The number of fused-ring (bicyclic) bond motifs is 2. The monoisotopic (exact) mass is 378 g/mol. The average Bonchev–Trinajstić information content (AvgIpc) is 2.75.